The number of pyridine rings is 4. The van der Waals surface area contributed by atoms with Gasteiger partial charge in [-0.3, -0.25) is 30.2 Å². The molecule has 15 nitrogen and oxygen atoms in total. The molecule has 0 spiro atoms. The molecule has 0 saturated carbocycles. The minimum atomic E-state index is -0.514. The second-order valence-corrected chi connectivity index (χ2v) is 10.2. The number of aromatic hydroxyl groups is 1. The number of phenolic OH excluding ortho intramolecular Hbond substituents is 1. The SMILES string of the molecule is C.CO.Nc1ccc(Oc2ccncc2)cc1.O=[N+]([O-])c1ccc(O)cc1.O=[N+]([O-])c1ccc(Oc2ccncc2)cc1.[Br-].[Br-].c1cc[n+](-c2cc[nH+]cc2)cc1. The normalized spacial score (nSPS) is 8.88. The minimum Gasteiger partial charge on any atom is -1.00 e. The number of H-pyrrole nitrogens is 1. The Balaban J connectivity index is 0.000000719. The molecule has 7 aromatic rings. The summed E-state index contributed by atoms with van der Waals surface area (Å²) in [5.74, 6) is 2.77. The van der Waals surface area contributed by atoms with E-state index >= 15 is 0 Å². The van der Waals surface area contributed by atoms with Crippen molar-refractivity contribution >= 4 is 17.1 Å². The molecule has 0 bridgehead atoms. The number of nitrogens with one attached hydrogen (secondary N) is 1. The highest BCUT2D eigenvalue weighted by Crippen LogP contribution is 2.23. The van der Waals surface area contributed by atoms with Gasteiger partial charge in [0.1, 0.15) is 28.7 Å². The van der Waals surface area contributed by atoms with Gasteiger partial charge in [-0.05, 0) is 72.8 Å². The van der Waals surface area contributed by atoms with Gasteiger partial charge in [-0.15, -0.1) is 0 Å². The lowest BCUT2D eigenvalue weighted by Gasteiger charge is -2.04. The van der Waals surface area contributed by atoms with E-state index in [4.69, 9.17) is 25.4 Å². The molecule has 0 aliphatic rings. The van der Waals surface area contributed by atoms with Crippen LogP contribution in [0.2, 0.25) is 0 Å². The molecule has 0 atom stereocenters. The molecule has 298 valence electrons. The number of nitrogens with two attached hydrogens (primary N) is 1. The van der Waals surface area contributed by atoms with Crippen molar-refractivity contribution in [1.82, 2.24) is 9.97 Å². The number of nitro groups is 2. The zero-order chi connectivity index (χ0) is 39.0. The summed E-state index contributed by atoms with van der Waals surface area (Å²) in [6.07, 6.45) is 14.5. The summed E-state index contributed by atoms with van der Waals surface area (Å²) < 4.78 is 13.1. The van der Waals surface area contributed by atoms with E-state index in [1.807, 2.05) is 67.3 Å². The van der Waals surface area contributed by atoms with E-state index in [0.717, 1.165) is 30.0 Å². The van der Waals surface area contributed by atoms with E-state index < -0.39 is 9.85 Å². The first-order valence-corrected chi connectivity index (χ1v) is 15.8. The van der Waals surface area contributed by atoms with Crippen LogP contribution in [-0.4, -0.2) is 37.1 Å². The average Bonchev–Trinajstić information content (AvgIpc) is 3.22. The smallest absolute Gasteiger partial charge is 0.269 e. The number of non-ortho nitro benzene ring substituents is 2. The van der Waals surface area contributed by atoms with Crippen molar-refractivity contribution < 1.29 is 73.0 Å². The summed E-state index contributed by atoms with van der Waals surface area (Å²) >= 11 is 0. The summed E-state index contributed by atoms with van der Waals surface area (Å²) in [5.41, 5.74) is 7.47. The zero-order valence-corrected chi connectivity index (χ0v) is 32.8. The van der Waals surface area contributed by atoms with Crippen LogP contribution < -0.4 is 58.7 Å². The molecule has 0 amide bonds. The van der Waals surface area contributed by atoms with Gasteiger partial charge in [-0.1, -0.05) is 13.5 Å². The molecule has 0 aliphatic heterocycles. The van der Waals surface area contributed by atoms with Crippen LogP contribution in [0.5, 0.6) is 28.7 Å². The average molecular weight is 908 g/mol. The highest BCUT2D eigenvalue weighted by molar-refractivity contribution is 5.43. The second-order valence-electron chi connectivity index (χ2n) is 10.2. The van der Waals surface area contributed by atoms with Crippen molar-refractivity contribution in [2.75, 3.05) is 12.8 Å². The number of nitrogens with zero attached hydrogens (tertiary/aromatic N) is 5. The van der Waals surface area contributed by atoms with Crippen LogP contribution in [0.25, 0.3) is 5.69 Å². The Morgan fingerprint density at radius 3 is 1.37 bits per heavy atom. The maximum Gasteiger partial charge on any atom is 0.269 e. The Bertz CT molecular complexity index is 2060. The summed E-state index contributed by atoms with van der Waals surface area (Å²) in [5, 5.41) is 36.2. The molecule has 5 N–H and O–H groups in total. The molecule has 0 fully saturated rings. The van der Waals surface area contributed by atoms with Gasteiger partial charge in [0.25, 0.3) is 11.4 Å². The molecule has 0 radical (unpaired) electrons. The van der Waals surface area contributed by atoms with Gasteiger partial charge < -0.3 is 59.4 Å². The van der Waals surface area contributed by atoms with Crippen LogP contribution in [0, 0.1) is 20.2 Å². The van der Waals surface area contributed by atoms with Crippen molar-refractivity contribution in [3.05, 3.63) is 197 Å². The number of ether oxygens (including phenoxy) is 2. The maximum atomic E-state index is 10.4. The molecule has 57 heavy (non-hydrogen) atoms. The lowest BCUT2D eigenvalue weighted by molar-refractivity contribution is -0.596. The van der Waals surface area contributed by atoms with E-state index in [1.165, 1.54) is 36.4 Å². The van der Waals surface area contributed by atoms with E-state index in [0.29, 0.717) is 11.5 Å². The lowest BCUT2D eigenvalue weighted by atomic mass is 10.3. The number of hydrogen-bond acceptors (Lipinski definition) is 11. The lowest BCUT2D eigenvalue weighted by Crippen LogP contribution is -3.00. The number of nitro benzene ring substituents is 2. The third-order valence-electron chi connectivity index (χ3n) is 6.47. The number of phenols is 1. The maximum absolute atomic E-state index is 10.4. The standard InChI is InChI=1S/C11H8N2O3.C11H10N2O.C10H9N2.C6H5NO3.CH4O.CH4.2BrH/c14-13(15)9-1-3-10(4-2-9)16-11-5-7-12-8-6-11;12-9-1-3-10(4-2-9)14-11-5-7-13-8-6-11;1-2-8-12(9-3-1)10-4-6-11-7-5-10;8-6-3-1-5(2-4-6)7(9)10;1-2;;;/h1-8H;1-8H,12H2;1-9H;1-4,8H;2H,1H3;1H4;2*1H/q;;+1;;;;;/p-1. The van der Waals surface area contributed by atoms with E-state index in [9.17, 15) is 20.2 Å². The predicted octanol–water partition coefficient (Wildman–Crippen LogP) is 1.57. The van der Waals surface area contributed by atoms with Crippen molar-refractivity contribution in [1.29, 1.82) is 0 Å². The number of aliphatic hydroxyl groups excluding tert-OH is 1. The zero-order valence-electron chi connectivity index (χ0n) is 29.7. The van der Waals surface area contributed by atoms with Crippen molar-refractivity contribution in [3.63, 3.8) is 0 Å². The number of hydrogen-bond donors (Lipinski definition) is 3. The fraction of sp³-hybridized carbons (Fsp3) is 0.0500. The van der Waals surface area contributed by atoms with Crippen molar-refractivity contribution in [3.8, 4) is 34.4 Å². The monoisotopic (exact) mass is 905 g/mol. The van der Waals surface area contributed by atoms with Crippen LogP contribution in [0.15, 0.2) is 177 Å². The van der Waals surface area contributed by atoms with E-state index in [2.05, 4.69) is 19.5 Å². The number of anilines is 1. The highest BCUT2D eigenvalue weighted by Gasteiger charge is 2.05. The number of rotatable bonds is 7. The third-order valence-corrected chi connectivity index (χ3v) is 6.47. The number of aromatic amines is 1. The molecular weight excluding hydrogens is 866 g/mol. The van der Waals surface area contributed by atoms with Crippen LogP contribution in [0.3, 0.4) is 0 Å². The van der Waals surface area contributed by atoms with E-state index in [-0.39, 0.29) is 58.5 Å². The summed E-state index contributed by atoms with van der Waals surface area (Å²) in [4.78, 5) is 30.2. The van der Waals surface area contributed by atoms with Gasteiger partial charge in [0, 0.05) is 74.0 Å². The number of nitrogen functional groups attached to an aromatic ring is 1. The minimum absolute atomic E-state index is 0. The molecule has 7 rings (SSSR count). The van der Waals surface area contributed by atoms with E-state index in [1.54, 1.807) is 73.3 Å². The molecule has 17 heteroatoms. The van der Waals surface area contributed by atoms with Crippen LogP contribution in [-0.2, 0) is 0 Å². The molecule has 0 unspecified atom stereocenters. The molecule has 4 aromatic heterocycles. The first kappa shape index (κ1) is 50.2. The topological polar surface area (TPSA) is 215 Å². The first-order valence-electron chi connectivity index (χ1n) is 15.8. The quantitative estimate of drug-likeness (QED) is 0.0904. The van der Waals surface area contributed by atoms with Crippen LogP contribution >= 0.6 is 0 Å². The Hall–Kier alpha value is -6.82. The number of aliphatic hydroxyl groups is 1. The molecule has 0 saturated heterocycles. The molecule has 3 aromatic carbocycles. The van der Waals surface area contributed by atoms with Crippen LogP contribution in [0.4, 0.5) is 17.1 Å². The molecule has 0 aliphatic carbocycles. The summed E-state index contributed by atoms with van der Waals surface area (Å²) in [7, 11) is 1.00. The van der Waals surface area contributed by atoms with Crippen molar-refractivity contribution in [2.45, 2.75) is 7.43 Å². The van der Waals surface area contributed by atoms with Gasteiger partial charge in [0.05, 0.1) is 22.0 Å². The molecule has 4 heterocycles. The fourth-order valence-electron chi connectivity index (χ4n) is 3.95. The van der Waals surface area contributed by atoms with Crippen LogP contribution in [0.1, 0.15) is 7.43 Å². The highest BCUT2D eigenvalue weighted by atomic mass is 79.9. The van der Waals surface area contributed by atoms with Gasteiger partial charge in [0.15, 0.2) is 24.8 Å². The van der Waals surface area contributed by atoms with Gasteiger partial charge >= 0.3 is 0 Å². The van der Waals surface area contributed by atoms with Gasteiger partial charge in [-0.2, -0.15) is 4.57 Å². The molecular formula is C40H41Br2N7O8. The predicted molar refractivity (Wildman–Crippen MR) is 207 cm³/mol. The second kappa shape index (κ2) is 28.6. The summed E-state index contributed by atoms with van der Waals surface area (Å²) in [6, 6.07) is 35.3. The largest absolute Gasteiger partial charge is 1.00 e. The Morgan fingerprint density at radius 2 is 0.965 bits per heavy atom. The van der Waals surface area contributed by atoms with Gasteiger partial charge in [0.2, 0.25) is 5.69 Å². The van der Waals surface area contributed by atoms with Crippen molar-refractivity contribution in [2.24, 2.45) is 0 Å². The Morgan fingerprint density at radius 1 is 0.596 bits per heavy atom. The Kier molecular flexibility index (Phi) is 25.2. The number of aromatic nitrogens is 4. The Labute approximate surface area is 350 Å². The third kappa shape index (κ3) is 19.4. The van der Waals surface area contributed by atoms with Gasteiger partial charge in [-0.25, -0.2) is 4.98 Å². The first-order chi connectivity index (χ1) is 26.3. The fourth-order valence-corrected chi connectivity index (χ4v) is 3.95. The number of benzene rings is 3. The number of halogens is 2. The summed E-state index contributed by atoms with van der Waals surface area (Å²) in [6.45, 7) is 0.